The van der Waals surface area contributed by atoms with Gasteiger partial charge in [0, 0.05) is 30.6 Å². The molecule has 31 heavy (non-hydrogen) atoms. The normalized spacial score (nSPS) is 11.5. The predicted octanol–water partition coefficient (Wildman–Crippen LogP) is 3.89. The summed E-state index contributed by atoms with van der Waals surface area (Å²) in [6.45, 7) is 5.69. The van der Waals surface area contributed by atoms with Crippen LogP contribution in [0.25, 0.3) is 5.82 Å². The highest BCUT2D eigenvalue weighted by Gasteiger charge is 2.31. The number of hydrogen-bond donors (Lipinski definition) is 0. The lowest BCUT2D eigenvalue weighted by Gasteiger charge is -2.19. The zero-order valence-electron chi connectivity index (χ0n) is 17.8. The van der Waals surface area contributed by atoms with E-state index in [4.69, 9.17) is 4.74 Å². The first-order chi connectivity index (χ1) is 14.5. The molecule has 0 unspecified atom stereocenters. The van der Waals surface area contributed by atoms with E-state index in [0.717, 1.165) is 29.1 Å². The van der Waals surface area contributed by atoms with Crippen molar-refractivity contribution in [2.24, 2.45) is 0 Å². The van der Waals surface area contributed by atoms with Crippen LogP contribution in [0, 0.1) is 20.8 Å². The number of carbonyl (C=O) groups is 1. The van der Waals surface area contributed by atoms with E-state index in [-0.39, 0.29) is 18.3 Å². The van der Waals surface area contributed by atoms with Crippen LogP contribution in [-0.2, 0) is 12.7 Å². The van der Waals surface area contributed by atoms with Gasteiger partial charge in [0.05, 0.1) is 42.4 Å². The van der Waals surface area contributed by atoms with Crippen LogP contribution in [0.15, 0.2) is 30.7 Å². The summed E-state index contributed by atoms with van der Waals surface area (Å²) in [6, 6.07) is 2.14. The first kappa shape index (κ1) is 22.3. The number of methoxy groups -OCH3 is 1. The van der Waals surface area contributed by atoms with Gasteiger partial charge in [-0.05, 0) is 32.9 Å². The summed E-state index contributed by atoms with van der Waals surface area (Å²) in [6.07, 6.45) is -0.661. The van der Waals surface area contributed by atoms with Gasteiger partial charge in [0.1, 0.15) is 5.75 Å². The number of pyridine rings is 2. The fourth-order valence-corrected chi connectivity index (χ4v) is 3.26. The lowest BCUT2D eigenvalue weighted by molar-refractivity contribution is -0.137. The summed E-state index contributed by atoms with van der Waals surface area (Å²) in [5.74, 6) is 0.618. The van der Waals surface area contributed by atoms with Crippen molar-refractivity contribution in [1.82, 2.24) is 24.6 Å². The van der Waals surface area contributed by atoms with Crippen LogP contribution in [0.4, 0.5) is 13.2 Å². The van der Waals surface area contributed by atoms with E-state index < -0.39 is 11.7 Å². The Labute approximate surface area is 177 Å². The fraction of sp³-hybridized carbons (Fsp3) is 0.333. The highest BCUT2D eigenvalue weighted by atomic mass is 19.4. The zero-order chi connectivity index (χ0) is 22.9. The Morgan fingerprint density at radius 2 is 1.84 bits per heavy atom. The SMILES string of the molecule is COc1c(C)cnc(CN(C)C(=O)c2cnn(-c3ccc(C(F)(F)F)cn3)c2C)c1C. The van der Waals surface area contributed by atoms with Crippen LogP contribution in [0.3, 0.4) is 0 Å². The van der Waals surface area contributed by atoms with Crippen LogP contribution in [0.1, 0.15) is 38.4 Å². The summed E-state index contributed by atoms with van der Waals surface area (Å²) in [4.78, 5) is 22.7. The first-order valence-electron chi connectivity index (χ1n) is 9.37. The van der Waals surface area contributed by atoms with Crippen LogP contribution < -0.4 is 4.74 Å². The molecule has 3 rings (SSSR count). The number of rotatable bonds is 5. The molecule has 0 atom stereocenters. The lowest BCUT2D eigenvalue weighted by Crippen LogP contribution is -2.27. The second-order valence-electron chi connectivity index (χ2n) is 7.17. The van der Waals surface area contributed by atoms with E-state index in [2.05, 4.69) is 15.1 Å². The minimum atomic E-state index is -4.47. The number of aromatic nitrogens is 4. The van der Waals surface area contributed by atoms with Crippen LogP contribution in [0.5, 0.6) is 5.75 Å². The number of aryl methyl sites for hydroxylation is 1. The van der Waals surface area contributed by atoms with Gasteiger partial charge in [0.2, 0.25) is 0 Å². The third-order valence-corrected chi connectivity index (χ3v) is 5.02. The molecule has 0 radical (unpaired) electrons. The Kier molecular flexibility index (Phi) is 6.01. The van der Waals surface area contributed by atoms with Crippen LogP contribution in [0.2, 0.25) is 0 Å². The number of hydrogen-bond acceptors (Lipinski definition) is 5. The first-order valence-corrected chi connectivity index (χ1v) is 9.37. The Morgan fingerprint density at radius 3 is 2.42 bits per heavy atom. The van der Waals surface area contributed by atoms with Gasteiger partial charge >= 0.3 is 6.18 Å². The van der Waals surface area contributed by atoms with E-state index in [1.54, 1.807) is 27.3 Å². The molecule has 1 amide bonds. The molecule has 0 bridgehead atoms. The minimum absolute atomic E-state index is 0.188. The Morgan fingerprint density at radius 1 is 1.13 bits per heavy atom. The van der Waals surface area contributed by atoms with Gasteiger partial charge in [-0.15, -0.1) is 0 Å². The van der Waals surface area contributed by atoms with Gasteiger partial charge in [0.15, 0.2) is 5.82 Å². The molecular formula is C21H22F3N5O2. The highest BCUT2D eigenvalue weighted by molar-refractivity contribution is 5.95. The maximum atomic E-state index is 13.0. The maximum absolute atomic E-state index is 13.0. The van der Waals surface area contributed by atoms with Gasteiger partial charge < -0.3 is 9.64 Å². The average molecular weight is 433 g/mol. The Hall–Kier alpha value is -3.43. The molecule has 0 spiro atoms. The van der Waals surface area contributed by atoms with Crippen molar-refractivity contribution in [2.75, 3.05) is 14.2 Å². The smallest absolute Gasteiger partial charge is 0.417 e. The van der Waals surface area contributed by atoms with Crippen molar-refractivity contribution in [1.29, 1.82) is 0 Å². The quantitative estimate of drug-likeness (QED) is 0.611. The second-order valence-corrected chi connectivity index (χ2v) is 7.17. The third kappa shape index (κ3) is 4.37. The molecule has 0 aromatic carbocycles. The molecule has 0 saturated heterocycles. The highest BCUT2D eigenvalue weighted by Crippen LogP contribution is 2.29. The molecule has 0 saturated carbocycles. The number of alkyl halides is 3. The molecule has 10 heteroatoms. The lowest BCUT2D eigenvalue weighted by atomic mass is 10.1. The van der Waals surface area contributed by atoms with Crippen molar-refractivity contribution in [3.63, 3.8) is 0 Å². The van der Waals surface area contributed by atoms with E-state index in [0.29, 0.717) is 17.0 Å². The molecule has 164 valence electrons. The van der Waals surface area contributed by atoms with E-state index in [1.165, 1.54) is 21.8 Å². The third-order valence-electron chi connectivity index (χ3n) is 5.02. The molecule has 0 N–H and O–H groups in total. The Balaban J connectivity index is 1.83. The number of halogens is 3. The number of carbonyl (C=O) groups excluding carboxylic acids is 1. The topological polar surface area (TPSA) is 73.1 Å². The van der Waals surface area contributed by atoms with Gasteiger partial charge in [-0.1, -0.05) is 0 Å². The molecule has 0 aliphatic heterocycles. The number of amides is 1. The van der Waals surface area contributed by atoms with Gasteiger partial charge in [-0.25, -0.2) is 9.67 Å². The fourth-order valence-electron chi connectivity index (χ4n) is 3.26. The van der Waals surface area contributed by atoms with Gasteiger partial charge in [-0.2, -0.15) is 18.3 Å². The molecule has 7 nitrogen and oxygen atoms in total. The van der Waals surface area contributed by atoms with Crippen molar-refractivity contribution in [3.05, 3.63) is 64.4 Å². The monoisotopic (exact) mass is 433 g/mol. The summed E-state index contributed by atoms with van der Waals surface area (Å²) in [5, 5.41) is 4.13. The molecule has 3 aromatic rings. The zero-order valence-corrected chi connectivity index (χ0v) is 17.8. The van der Waals surface area contributed by atoms with E-state index >= 15 is 0 Å². The van der Waals surface area contributed by atoms with Gasteiger partial charge in [-0.3, -0.25) is 9.78 Å². The molecule has 0 aliphatic carbocycles. The van der Waals surface area contributed by atoms with E-state index in [1.807, 2.05) is 13.8 Å². The molecule has 0 fully saturated rings. The van der Waals surface area contributed by atoms with Crippen LogP contribution in [-0.4, -0.2) is 44.7 Å². The van der Waals surface area contributed by atoms with Gasteiger partial charge in [0.25, 0.3) is 5.91 Å². The largest absolute Gasteiger partial charge is 0.496 e. The van der Waals surface area contributed by atoms with Crippen molar-refractivity contribution in [2.45, 2.75) is 33.5 Å². The number of ether oxygens (including phenoxy) is 1. The average Bonchev–Trinajstić information content (AvgIpc) is 3.10. The summed E-state index contributed by atoms with van der Waals surface area (Å²) < 4.78 is 45.0. The molecular weight excluding hydrogens is 411 g/mol. The summed E-state index contributed by atoms with van der Waals surface area (Å²) in [5.41, 5.74) is 2.39. The Bertz CT molecular complexity index is 1110. The minimum Gasteiger partial charge on any atom is -0.496 e. The predicted molar refractivity (Wildman–Crippen MR) is 107 cm³/mol. The summed E-state index contributed by atoms with van der Waals surface area (Å²) in [7, 11) is 3.23. The van der Waals surface area contributed by atoms with Crippen molar-refractivity contribution >= 4 is 5.91 Å². The molecule has 3 heterocycles. The van der Waals surface area contributed by atoms with E-state index in [9.17, 15) is 18.0 Å². The maximum Gasteiger partial charge on any atom is 0.417 e. The second kappa shape index (κ2) is 8.37. The molecule has 3 aromatic heterocycles. The standard InChI is InChI=1S/C21H22F3N5O2/c1-12-8-25-17(13(2)19(12)31-5)11-28(4)20(30)16-10-27-29(14(16)3)18-7-6-15(9-26-18)21(22,23)24/h6-10H,11H2,1-5H3. The molecule has 0 aliphatic rings. The summed E-state index contributed by atoms with van der Waals surface area (Å²) >= 11 is 0. The number of nitrogens with zero attached hydrogens (tertiary/aromatic N) is 5. The van der Waals surface area contributed by atoms with Crippen LogP contribution >= 0.6 is 0 Å². The van der Waals surface area contributed by atoms with Crippen molar-refractivity contribution < 1.29 is 22.7 Å². The van der Waals surface area contributed by atoms with Crippen molar-refractivity contribution in [3.8, 4) is 11.6 Å².